The van der Waals surface area contributed by atoms with Gasteiger partial charge in [0, 0.05) is 65.9 Å². The molecular formula is C33H35N7O2S2. The zero-order valence-corrected chi connectivity index (χ0v) is 26.3. The monoisotopic (exact) mass is 625 g/mol. The fraction of sp³-hybridized carbons (Fsp3) is 0.333. The van der Waals surface area contributed by atoms with Gasteiger partial charge in [0.1, 0.15) is 16.6 Å². The molecular weight excluding hydrogens is 591 g/mol. The Morgan fingerprint density at radius 1 is 1.05 bits per heavy atom. The second kappa shape index (κ2) is 12.7. The lowest BCUT2D eigenvalue weighted by atomic mass is 10.0. The largest absolute Gasteiger partial charge is 0.611 e. The van der Waals surface area contributed by atoms with Gasteiger partial charge >= 0.3 is 0 Å². The van der Waals surface area contributed by atoms with Crippen LogP contribution in [0.1, 0.15) is 36.9 Å². The van der Waals surface area contributed by atoms with Crippen LogP contribution >= 0.6 is 11.3 Å². The van der Waals surface area contributed by atoms with Crippen LogP contribution in [0.4, 0.5) is 17.3 Å². The second-order valence-corrected chi connectivity index (χ2v) is 14.2. The topological polar surface area (TPSA) is 111 Å². The molecule has 0 spiro atoms. The van der Waals surface area contributed by atoms with Gasteiger partial charge in [-0.2, -0.15) is 4.98 Å². The second-order valence-electron chi connectivity index (χ2n) is 11.4. The molecule has 1 atom stereocenters. The summed E-state index contributed by atoms with van der Waals surface area (Å²) in [5, 5.41) is 7.61. The molecule has 11 heteroatoms. The van der Waals surface area contributed by atoms with E-state index >= 15 is 0 Å². The highest BCUT2D eigenvalue weighted by atomic mass is 32.2. The minimum absolute atomic E-state index is 0.150. The lowest BCUT2D eigenvalue weighted by molar-refractivity contribution is 0.578. The van der Waals surface area contributed by atoms with Crippen LogP contribution in [0.5, 0.6) is 0 Å². The minimum Gasteiger partial charge on any atom is -0.611 e. The zero-order chi connectivity index (χ0) is 30.0. The maximum absolute atomic E-state index is 14.2. The summed E-state index contributed by atoms with van der Waals surface area (Å²) in [6.45, 7) is 6.12. The molecule has 0 amide bonds. The summed E-state index contributed by atoms with van der Waals surface area (Å²) in [5.41, 5.74) is 7.26. The minimum atomic E-state index is -1.14. The first-order valence-electron chi connectivity index (χ1n) is 15.2. The van der Waals surface area contributed by atoms with Crippen molar-refractivity contribution in [3.05, 3.63) is 87.9 Å². The van der Waals surface area contributed by atoms with Crippen LogP contribution in [0, 0.1) is 6.92 Å². The smallest absolute Gasteiger partial charge is 0.260 e. The summed E-state index contributed by atoms with van der Waals surface area (Å²) in [6.07, 6.45) is 5.91. The van der Waals surface area contributed by atoms with Crippen molar-refractivity contribution in [1.29, 1.82) is 0 Å². The number of nitrogens with one attached hydrogen (secondary N) is 2. The summed E-state index contributed by atoms with van der Waals surface area (Å²) < 4.78 is 16.0. The van der Waals surface area contributed by atoms with Gasteiger partial charge in [-0.05, 0) is 74.1 Å². The highest BCUT2D eigenvalue weighted by Gasteiger charge is 2.32. The number of piperazine rings is 1. The molecule has 4 heterocycles. The molecule has 5 aromatic rings. The molecule has 1 saturated carbocycles. The normalized spacial score (nSPS) is 16.5. The highest BCUT2D eigenvalue weighted by Crippen LogP contribution is 2.34. The Morgan fingerprint density at radius 3 is 2.59 bits per heavy atom. The van der Waals surface area contributed by atoms with E-state index in [0.717, 1.165) is 78.3 Å². The number of aromatic nitrogens is 4. The Balaban J connectivity index is 1.26. The highest BCUT2D eigenvalue weighted by molar-refractivity contribution is 7.94. The molecule has 2 aliphatic rings. The Hall–Kier alpha value is -3.77. The molecule has 0 bridgehead atoms. The van der Waals surface area contributed by atoms with E-state index in [0.29, 0.717) is 22.9 Å². The van der Waals surface area contributed by atoms with Crippen molar-refractivity contribution in [2.24, 2.45) is 0 Å². The number of hydrogen-bond acceptors (Lipinski definition) is 9. The average molecular weight is 626 g/mol. The molecule has 2 aromatic carbocycles. The van der Waals surface area contributed by atoms with Gasteiger partial charge < -0.3 is 20.1 Å². The third-order valence-electron chi connectivity index (χ3n) is 8.57. The lowest BCUT2D eigenvalue weighted by Crippen LogP contribution is -2.43. The SMILES string of the molecule is Cc1ccccc1-c1cc2cnc(Nc3ccc(N4CCNCC4)cc3)nc2n(Cc2ncsc2[S+]([O-])C2CCCC2)c1=O. The van der Waals surface area contributed by atoms with Gasteiger partial charge in [0.05, 0.1) is 12.1 Å². The molecule has 44 heavy (non-hydrogen) atoms. The summed E-state index contributed by atoms with van der Waals surface area (Å²) in [7, 11) is 0. The molecule has 7 rings (SSSR count). The van der Waals surface area contributed by atoms with Crippen molar-refractivity contribution in [1.82, 2.24) is 24.8 Å². The van der Waals surface area contributed by atoms with E-state index in [4.69, 9.17) is 4.98 Å². The van der Waals surface area contributed by atoms with E-state index in [9.17, 15) is 9.35 Å². The molecule has 0 radical (unpaired) electrons. The van der Waals surface area contributed by atoms with Crippen molar-refractivity contribution < 1.29 is 4.55 Å². The van der Waals surface area contributed by atoms with Crippen LogP contribution in [-0.2, 0) is 17.7 Å². The summed E-state index contributed by atoms with van der Waals surface area (Å²) in [6, 6.07) is 18.0. The Kier molecular flexibility index (Phi) is 8.35. The molecule has 226 valence electrons. The summed E-state index contributed by atoms with van der Waals surface area (Å²) in [5.74, 6) is 0.400. The molecule has 1 aliphatic carbocycles. The fourth-order valence-corrected chi connectivity index (χ4v) is 9.03. The molecule has 2 fully saturated rings. The van der Waals surface area contributed by atoms with Gasteiger partial charge in [0.2, 0.25) is 10.2 Å². The maximum atomic E-state index is 14.2. The van der Waals surface area contributed by atoms with Gasteiger partial charge in [0.25, 0.3) is 5.56 Å². The van der Waals surface area contributed by atoms with Gasteiger partial charge in [-0.15, -0.1) is 0 Å². The van der Waals surface area contributed by atoms with Crippen LogP contribution in [0.2, 0.25) is 0 Å². The van der Waals surface area contributed by atoms with E-state index in [1.54, 1.807) is 16.3 Å². The van der Waals surface area contributed by atoms with Crippen LogP contribution in [-0.4, -0.2) is 55.5 Å². The van der Waals surface area contributed by atoms with Gasteiger partial charge in [-0.3, -0.25) is 9.36 Å². The number of thiazole rings is 1. The van der Waals surface area contributed by atoms with Gasteiger partial charge in [-0.25, -0.2) is 9.97 Å². The van der Waals surface area contributed by atoms with E-state index in [-0.39, 0.29) is 17.4 Å². The molecule has 9 nitrogen and oxygen atoms in total. The van der Waals surface area contributed by atoms with E-state index in [1.807, 2.05) is 49.4 Å². The number of fused-ring (bicyclic) bond motifs is 1. The van der Waals surface area contributed by atoms with E-state index in [1.165, 1.54) is 17.0 Å². The Bertz CT molecular complexity index is 1830. The number of anilines is 3. The van der Waals surface area contributed by atoms with Crippen LogP contribution in [0.3, 0.4) is 0 Å². The third kappa shape index (κ3) is 5.84. The number of hydrogen-bond donors (Lipinski definition) is 2. The molecule has 1 aliphatic heterocycles. The molecule has 1 saturated heterocycles. The van der Waals surface area contributed by atoms with Gasteiger partial charge in [-0.1, -0.05) is 35.6 Å². The first-order valence-corrected chi connectivity index (χ1v) is 17.3. The number of nitrogens with zero attached hydrogens (tertiary/aromatic N) is 5. The molecule has 2 N–H and O–H groups in total. The number of pyridine rings is 1. The van der Waals surface area contributed by atoms with E-state index < -0.39 is 11.2 Å². The van der Waals surface area contributed by atoms with Crippen molar-refractivity contribution >= 4 is 50.9 Å². The first kappa shape index (κ1) is 29.0. The third-order valence-corrected chi connectivity index (χ3v) is 11.7. The van der Waals surface area contributed by atoms with Gasteiger partial charge in [0.15, 0.2) is 0 Å². The van der Waals surface area contributed by atoms with Crippen molar-refractivity contribution in [3.8, 4) is 11.1 Å². The number of aryl methyl sites for hydroxylation is 1. The zero-order valence-electron chi connectivity index (χ0n) is 24.7. The van der Waals surface area contributed by atoms with Crippen molar-refractivity contribution in [3.63, 3.8) is 0 Å². The molecule has 3 aromatic heterocycles. The van der Waals surface area contributed by atoms with E-state index in [2.05, 4.69) is 37.6 Å². The first-order chi connectivity index (χ1) is 21.5. The predicted molar refractivity (Wildman–Crippen MR) is 179 cm³/mol. The van der Waals surface area contributed by atoms with Crippen LogP contribution in [0.15, 0.2) is 75.3 Å². The lowest BCUT2D eigenvalue weighted by Gasteiger charge is -2.29. The summed E-state index contributed by atoms with van der Waals surface area (Å²) >= 11 is 0.271. The average Bonchev–Trinajstić information content (AvgIpc) is 3.77. The van der Waals surface area contributed by atoms with Crippen LogP contribution in [0.25, 0.3) is 22.2 Å². The van der Waals surface area contributed by atoms with Crippen molar-refractivity contribution in [2.45, 2.75) is 48.6 Å². The maximum Gasteiger partial charge on any atom is 0.260 e. The van der Waals surface area contributed by atoms with Crippen LogP contribution < -0.4 is 21.1 Å². The predicted octanol–water partition coefficient (Wildman–Crippen LogP) is 5.48. The van der Waals surface area contributed by atoms with Crippen molar-refractivity contribution in [2.75, 3.05) is 36.4 Å². The Labute approximate surface area is 263 Å². The summed E-state index contributed by atoms with van der Waals surface area (Å²) in [4.78, 5) is 30.7. The number of benzene rings is 2. The number of rotatable bonds is 8. The fourth-order valence-electron chi connectivity index (χ4n) is 6.17. The quantitative estimate of drug-likeness (QED) is 0.218. The standard InChI is InChI=1S/C33H35N7O2S2/c1-22-6-2-5-9-27(22)28-18-23-19-35-33(37-24-10-12-25(13-11-24)39-16-14-34-15-17-39)38-30(23)40(31(28)41)20-29-32(43-21-36-29)44(42)26-7-3-4-8-26/h2,5-6,9-13,18-19,21,26,34H,3-4,7-8,14-17,20H2,1H3,(H,35,37,38). The Morgan fingerprint density at radius 2 is 1.82 bits per heavy atom. The molecule has 1 unspecified atom stereocenters.